The number of carbonyl (C=O) groups is 1. The number of carbonyl (C=O) groups excluding carboxylic acids is 1. The first-order valence-electron chi connectivity index (χ1n) is 7.17. The van der Waals surface area contributed by atoms with E-state index in [1.807, 2.05) is 6.07 Å². The van der Waals surface area contributed by atoms with Crippen LogP contribution in [-0.4, -0.2) is 28.8 Å². The molecule has 4 heteroatoms. The van der Waals surface area contributed by atoms with Crippen molar-refractivity contribution in [3.8, 4) is 6.07 Å². The fourth-order valence-electron chi connectivity index (χ4n) is 3.07. The standard InChI is InChI=1S/C16H17N3O/c17-10-14-15(20)9-12-11-18-6-5-13(12)16(14)19-7-3-1-2-4-8-19/h5-6,11H,1-4,7-9H2. The zero-order valence-electron chi connectivity index (χ0n) is 11.4. The summed E-state index contributed by atoms with van der Waals surface area (Å²) in [6.07, 6.45) is 8.48. The highest BCUT2D eigenvalue weighted by atomic mass is 16.1. The Morgan fingerprint density at radius 3 is 2.65 bits per heavy atom. The molecule has 0 radical (unpaired) electrons. The molecule has 1 aromatic rings. The van der Waals surface area contributed by atoms with Gasteiger partial charge in [0.05, 0.1) is 5.70 Å². The van der Waals surface area contributed by atoms with Crippen LogP contribution in [-0.2, 0) is 11.2 Å². The van der Waals surface area contributed by atoms with Crippen LogP contribution in [0.2, 0.25) is 0 Å². The van der Waals surface area contributed by atoms with Crippen LogP contribution in [0.15, 0.2) is 24.0 Å². The first kappa shape index (κ1) is 12.9. The minimum absolute atomic E-state index is 0.0766. The van der Waals surface area contributed by atoms with Gasteiger partial charge in [0.1, 0.15) is 11.6 Å². The Labute approximate surface area is 118 Å². The summed E-state index contributed by atoms with van der Waals surface area (Å²) in [5, 5.41) is 9.39. The van der Waals surface area contributed by atoms with E-state index in [0.717, 1.165) is 42.8 Å². The highest BCUT2D eigenvalue weighted by Crippen LogP contribution is 2.32. The molecule has 3 rings (SSSR count). The number of rotatable bonds is 1. The number of likely N-dealkylation sites (tertiary alicyclic amines) is 1. The molecule has 1 aliphatic heterocycles. The molecule has 1 fully saturated rings. The average molecular weight is 267 g/mol. The van der Waals surface area contributed by atoms with Crippen LogP contribution < -0.4 is 0 Å². The second kappa shape index (κ2) is 5.46. The maximum atomic E-state index is 12.2. The SMILES string of the molecule is N#CC1=C(N2CCCCCC2)c2ccncc2CC1=O. The third kappa shape index (κ3) is 2.20. The van der Waals surface area contributed by atoms with Gasteiger partial charge in [-0.3, -0.25) is 9.78 Å². The Morgan fingerprint density at radius 2 is 1.95 bits per heavy atom. The molecule has 102 valence electrons. The average Bonchev–Trinajstić information content (AvgIpc) is 2.74. The van der Waals surface area contributed by atoms with Crippen LogP contribution in [0.5, 0.6) is 0 Å². The van der Waals surface area contributed by atoms with Crippen molar-refractivity contribution in [1.29, 1.82) is 5.26 Å². The van der Waals surface area contributed by atoms with Crippen LogP contribution in [0.4, 0.5) is 0 Å². The molecule has 0 aromatic carbocycles. The van der Waals surface area contributed by atoms with Crippen molar-refractivity contribution < 1.29 is 4.79 Å². The van der Waals surface area contributed by atoms with E-state index in [-0.39, 0.29) is 5.78 Å². The van der Waals surface area contributed by atoms with Crippen molar-refractivity contribution in [2.45, 2.75) is 32.1 Å². The molecule has 1 saturated heterocycles. The van der Waals surface area contributed by atoms with E-state index in [1.54, 1.807) is 12.4 Å². The van der Waals surface area contributed by atoms with Gasteiger partial charge in [0, 0.05) is 37.5 Å². The Hall–Kier alpha value is -2.15. The molecule has 0 amide bonds. The molecule has 1 aliphatic carbocycles. The molecular formula is C16H17N3O. The molecule has 0 unspecified atom stereocenters. The predicted octanol–water partition coefficient (Wildman–Crippen LogP) is 2.32. The Morgan fingerprint density at radius 1 is 1.20 bits per heavy atom. The number of allylic oxidation sites excluding steroid dienone is 1. The van der Waals surface area contributed by atoms with E-state index in [4.69, 9.17) is 0 Å². The second-order valence-corrected chi connectivity index (χ2v) is 5.37. The van der Waals surface area contributed by atoms with E-state index in [9.17, 15) is 10.1 Å². The quantitative estimate of drug-likeness (QED) is 0.783. The van der Waals surface area contributed by atoms with Crippen LogP contribution in [0, 0.1) is 11.3 Å². The number of pyridine rings is 1. The first-order valence-corrected chi connectivity index (χ1v) is 7.17. The third-order valence-corrected chi connectivity index (χ3v) is 4.06. The molecule has 2 aliphatic rings. The molecule has 1 aromatic heterocycles. The topological polar surface area (TPSA) is 57.0 Å². The van der Waals surface area contributed by atoms with Crippen LogP contribution >= 0.6 is 0 Å². The maximum Gasteiger partial charge on any atom is 0.179 e. The summed E-state index contributed by atoms with van der Waals surface area (Å²) < 4.78 is 0. The van der Waals surface area contributed by atoms with Gasteiger partial charge in [-0.15, -0.1) is 0 Å². The van der Waals surface area contributed by atoms with Gasteiger partial charge in [-0.25, -0.2) is 0 Å². The van der Waals surface area contributed by atoms with Crippen LogP contribution in [0.1, 0.15) is 36.8 Å². The fraction of sp³-hybridized carbons (Fsp3) is 0.438. The van der Waals surface area contributed by atoms with E-state index in [0.29, 0.717) is 12.0 Å². The van der Waals surface area contributed by atoms with Gasteiger partial charge < -0.3 is 4.90 Å². The molecule has 0 spiro atoms. The van der Waals surface area contributed by atoms with E-state index in [1.165, 1.54) is 12.8 Å². The number of Topliss-reactive ketones (excluding diaryl/α,β-unsaturated/α-hetero) is 1. The number of nitriles is 1. The van der Waals surface area contributed by atoms with Crippen LogP contribution in [0.3, 0.4) is 0 Å². The van der Waals surface area contributed by atoms with E-state index < -0.39 is 0 Å². The molecular weight excluding hydrogens is 250 g/mol. The summed E-state index contributed by atoms with van der Waals surface area (Å²) in [5.41, 5.74) is 3.11. The van der Waals surface area contributed by atoms with Crippen molar-refractivity contribution in [3.63, 3.8) is 0 Å². The lowest BCUT2D eigenvalue weighted by Gasteiger charge is -2.30. The number of nitrogens with zero attached hydrogens (tertiary/aromatic N) is 3. The summed E-state index contributed by atoms with van der Waals surface area (Å²) in [4.78, 5) is 18.5. The molecule has 4 nitrogen and oxygen atoms in total. The van der Waals surface area contributed by atoms with Gasteiger partial charge in [-0.2, -0.15) is 5.26 Å². The maximum absolute atomic E-state index is 12.2. The first-order chi connectivity index (χ1) is 9.81. The summed E-state index contributed by atoms with van der Waals surface area (Å²) in [5.74, 6) is -0.0766. The van der Waals surface area contributed by atoms with Crippen molar-refractivity contribution in [1.82, 2.24) is 9.88 Å². The van der Waals surface area contributed by atoms with Gasteiger partial charge >= 0.3 is 0 Å². The van der Waals surface area contributed by atoms with Gasteiger partial charge in [0.25, 0.3) is 0 Å². The minimum Gasteiger partial charge on any atom is -0.370 e. The highest BCUT2D eigenvalue weighted by molar-refractivity contribution is 6.09. The van der Waals surface area contributed by atoms with Crippen molar-refractivity contribution in [2.24, 2.45) is 0 Å². The predicted molar refractivity (Wildman–Crippen MR) is 75.5 cm³/mol. The number of fused-ring (bicyclic) bond motifs is 1. The summed E-state index contributed by atoms with van der Waals surface area (Å²) in [7, 11) is 0. The third-order valence-electron chi connectivity index (χ3n) is 4.06. The van der Waals surface area contributed by atoms with E-state index in [2.05, 4.69) is 16.0 Å². The Balaban J connectivity index is 2.11. The minimum atomic E-state index is -0.0766. The van der Waals surface area contributed by atoms with Crippen molar-refractivity contribution >= 4 is 11.5 Å². The van der Waals surface area contributed by atoms with Gasteiger partial charge in [0.15, 0.2) is 5.78 Å². The van der Waals surface area contributed by atoms with Crippen molar-refractivity contribution in [3.05, 3.63) is 35.2 Å². The molecule has 20 heavy (non-hydrogen) atoms. The largest absolute Gasteiger partial charge is 0.370 e. The molecule has 2 heterocycles. The lowest BCUT2D eigenvalue weighted by atomic mass is 9.89. The smallest absolute Gasteiger partial charge is 0.179 e. The van der Waals surface area contributed by atoms with Gasteiger partial charge in [0.2, 0.25) is 0 Å². The monoisotopic (exact) mass is 267 g/mol. The lowest BCUT2D eigenvalue weighted by molar-refractivity contribution is -0.114. The Bertz CT molecular complexity index is 604. The van der Waals surface area contributed by atoms with Crippen molar-refractivity contribution in [2.75, 3.05) is 13.1 Å². The summed E-state index contributed by atoms with van der Waals surface area (Å²) >= 11 is 0. The number of hydrogen-bond acceptors (Lipinski definition) is 4. The molecule has 0 N–H and O–H groups in total. The number of hydrogen-bond donors (Lipinski definition) is 0. The highest BCUT2D eigenvalue weighted by Gasteiger charge is 2.29. The molecule has 0 saturated carbocycles. The summed E-state index contributed by atoms with van der Waals surface area (Å²) in [6, 6.07) is 4.06. The molecule has 0 bridgehead atoms. The van der Waals surface area contributed by atoms with Crippen LogP contribution in [0.25, 0.3) is 5.70 Å². The Kier molecular flexibility index (Phi) is 3.51. The summed E-state index contributed by atoms with van der Waals surface area (Å²) in [6.45, 7) is 1.85. The zero-order chi connectivity index (χ0) is 13.9. The second-order valence-electron chi connectivity index (χ2n) is 5.37. The van der Waals surface area contributed by atoms with E-state index >= 15 is 0 Å². The lowest BCUT2D eigenvalue weighted by Crippen LogP contribution is -2.29. The zero-order valence-corrected chi connectivity index (χ0v) is 11.4. The number of ketones is 1. The van der Waals surface area contributed by atoms with Gasteiger partial charge in [-0.1, -0.05) is 12.8 Å². The number of aromatic nitrogens is 1. The molecule has 0 atom stereocenters. The normalized spacial score (nSPS) is 19.4. The fourth-order valence-corrected chi connectivity index (χ4v) is 3.07. The van der Waals surface area contributed by atoms with Gasteiger partial charge in [-0.05, 0) is 24.5 Å².